The number of unbranched alkanes of at least 4 members (excludes halogenated alkanes) is 1. The van der Waals surface area contributed by atoms with Crippen LogP contribution in [0.15, 0.2) is 48.5 Å². The molecule has 0 radical (unpaired) electrons. The number of benzene rings is 2. The van der Waals surface area contributed by atoms with Crippen molar-refractivity contribution < 1.29 is 14.6 Å². The number of carbonyl (C=O) groups excluding carboxylic acids is 1. The Morgan fingerprint density at radius 3 is 2.44 bits per heavy atom. The fourth-order valence-corrected chi connectivity index (χ4v) is 2.70. The summed E-state index contributed by atoms with van der Waals surface area (Å²) in [6, 6.07) is 15.3. The van der Waals surface area contributed by atoms with Crippen LogP contribution in [0, 0.1) is 6.92 Å². The van der Waals surface area contributed by atoms with Crippen molar-refractivity contribution in [2.75, 3.05) is 6.61 Å². The predicted octanol–water partition coefficient (Wildman–Crippen LogP) is 4.87. The van der Waals surface area contributed by atoms with E-state index in [0.29, 0.717) is 17.7 Å². The summed E-state index contributed by atoms with van der Waals surface area (Å²) >= 11 is 0. The SMILES string of the molecule is CCCCOC(=O)c1nc(-c2ccc(C)cc2)c2ccccc2c1O. The van der Waals surface area contributed by atoms with E-state index < -0.39 is 5.97 Å². The highest BCUT2D eigenvalue weighted by Crippen LogP contribution is 2.34. The Hall–Kier alpha value is -2.88. The largest absolute Gasteiger partial charge is 0.505 e. The lowest BCUT2D eigenvalue weighted by atomic mass is 10.0. The lowest BCUT2D eigenvalue weighted by molar-refractivity contribution is 0.0490. The van der Waals surface area contributed by atoms with Crippen LogP contribution in [-0.4, -0.2) is 22.7 Å². The fraction of sp³-hybridized carbons (Fsp3) is 0.238. The molecule has 0 amide bonds. The molecule has 3 rings (SSSR count). The summed E-state index contributed by atoms with van der Waals surface area (Å²) in [6.07, 6.45) is 1.71. The molecule has 0 spiro atoms. The molecule has 3 aromatic rings. The molecule has 2 aromatic carbocycles. The number of aryl methyl sites for hydroxylation is 1. The van der Waals surface area contributed by atoms with E-state index in [1.54, 1.807) is 6.07 Å². The van der Waals surface area contributed by atoms with E-state index in [9.17, 15) is 9.90 Å². The second-order valence-electron chi connectivity index (χ2n) is 6.06. The van der Waals surface area contributed by atoms with Gasteiger partial charge >= 0.3 is 5.97 Å². The molecule has 0 unspecified atom stereocenters. The van der Waals surface area contributed by atoms with E-state index in [1.807, 2.05) is 56.3 Å². The van der Waals surface area contributed by atoms with Crippen molar-refractivity contribution in [2.24, 2.45) is 0 Å². The van der Waals surface area contributed by atoms with Gasteiger partial charge in [0.1, 0.15) is 0 Å². The summed E-state index contributed by atoms with van der Waals surface area (Å²) in [6.45, 7) is 4.36. The number of hydrogen-bond donors (Lipinski definition) is 1. The molecular weight excluding hydrogens is 314 g/mol. The normalized spacial score (nSPS) is 10.8. The standard InChI is InChI=1S/C21H21NO3/c1-3-4-13-25-21(24)19-20(23)17-8-6-5-7-16(17)18(22-19)15-11-9-14(2)10-12-15/h5-12,23H,3-4,13H2,1-2H3. The first-order chi connectivity index (χ1) is 12.1. The van der Waals surface area contributed by atoms with Crippen LogP contribution >= 0.6 is 0 Å². The number of rotatable bonds is 5. The maximum atomic E-state index is 12.4. The van der Waals surface area contributed by atoms with Gasteiger partial charge in [-0.3, -0.25) is 0 Å². The topological polar surface area (TPSA) is 59.4 Å². The Kier molecular flexibility index (Phi) is 4.98. The molecule has 4 nitrogen and oxygen atoms in total. The molecule has 0 atom stereocenters. The van der Waals surface area contributed by atoms with Crippen LogP contribution in [0.4, 0.5) is 0 Å². The predicted molar refractivity (Wildman–Crippen MR) is 98.8 cm³/mol. The molecule has 0 aliphatic carbocycles. The number of esters is 1. The molecule has 128 valence electrons. The van der Waals surface area contributed by atoms with Crippen molar-refractivity contribution >= 4 is 16.7 Å². The summed E-state index contributed by atoms with van der Waals surface area (Å²) in [5.41, 5.74) is 2.66. The van der Waals surface area contributed by atoms with Crippen molar-refractivity contribution in [3.63, 3.8) is 0 Å². The summed E-state index contributed by atoms with van der Waals surface area (Å²) in [5.74, 6) is -0.724. The quantitative estimate of drug-likeness (QED) is 0.533. The monoisotopic (exact) mass is 335 g/mol. The first-order valence-corrected chi connectivity index (χ1v) is 8.47. The average Bonchev–Trinajstić information content (AvgIpc) is 2.63. The molecule has 1 N–H and O–H groups in total. The molecular formula is C21H21NO3. The number of aromatic hydroxyl groups is 1. The van der Waals surface area contributed by atoms with E-state index in [-0.39, 0.29) is 11.4 Å². The van der Waals surface area contributed by atoms with E-state index in [4.69, 9.17) is 4.74 Å². The molecule has 0 aliphatic heterocycles. The average molecular weight is 335 g/mol. The number of carbonyl (C=O) groups is 1. The molecule has 0 fully saturated rings. The van der Waals surface area contributed by atoms with Gasteiger partial charge in [-0.1, -0.05) is 67.4 Å². The Balaban J connectivity index is 2.14. The Bertz CT molecular complexity index is 901. The number of aromatic nitrogens is 1. The number of hydrogen-bond acceptors (Lipinski definition) is 4. The second-order valence-corrected chi connectivity index (χ2v) is 6.06. The molecule has 4 heteroatoms. The molecule has 1 heterocycles. The first-order valence-electron chi connectivity index (χ1n) is 8.47. The van der Waals surface area contributed by atoms with Crippen molar-refractivity contribution in [3.05, 3.63) is 59.8 Å². The van der Waals surface area contributed by atoms with Crippen LogP contribution in [0.1, 0.15) is 35.8 Å². The molecule has 1 aromatic heterocycles. The van der Waals surface area contributed by atoms with E-state index in [1.165, 1.54) is 0 Å². The first kappa shape index (κ1) is 17.0. The lowest BCUT2D eigenvalue weighted by Crippen LogP contribution is -2.10. The number of ether oxygens (including phenoxy) is 1. The van der Waals surface area contributed by atoms with Gasteiger partial charge in [-0.15, -0.1) is 0 Å². The minimum absolute atomic E-state index is 0.0367. The van der Waals surface area contributed by atoms with Gasteiger partial charge in [-0.2, -0.15) is 0 Å². The van der Waals surface area contributed by atoms with Gasteiger partial charge < -0.3 is 9.84 Å². The van der Waals surface area contributed by atoms with Gasteiger partial charge in [-0.25, -0.2) is 9.78 Å². The summed E-state index contributed by atoms with van der Waals surface area (Å²) in [4.78, 5) is 16.8. The smallest absolute Gasteiger partial charge is 0.360 e. The highest BCUT2D eigenvalue weighted by atomic mass is 16.5. The maximum absolute atomic E-state index is 12.4. The summed E-state index contributed by atoms with van der Waals surface area (Å²) < 4.78 is 5.25. The number of pyridine rings is 1. The molecule has 0 bridgehead atoms. The van der Waals surface area contributed by atoms with Crippen LogP contribution in [0.25, 0.3) is 22.0 Å². The summed E-state index contributed by atoms with van der Waals surface area (Å²) in [7, 11) is 0. The Morgan fingerprint density at radius 1 is 1.08 bits per heavy atom. The van der Waals surface area contributed by atoms with Gasteiger partial charge in [-0.05, 0) is 13.3 Å². The third kappa shape index (κ3) is 3.48. The van der Waals surface area contributed by atoms with Crippen molar-refractivity contribution in [2.45, 2.75) is 26.7 Å². The van der Waals surface area contributed by atoms with E-state index >= 15 is 0 Å². The van der Waals surface area contributed by atoms with E-state index in [0.717, 1.165) is 29.4 Å². The van der Waals surface area contributed by atoms with Crippen molar-refractivity contribution in [3.8, 4) is 17.0 Å². The Morgan fingerprint density at radius 2 is 1.76 bits per heavy atom. The Labute approximate surface area is 147 Å². The van der Waals surface area contributed by atoms with Gasteiger partial charge in [0.25, 0.3) is 0 Å². The van der Waals surface area contributed by atoms with E-state index in [2.05, 4.69) is 4.98 Å². The number of fused-ring (bicyclic) bond motifs is 1. The zero-order valence-electron chi connectivity index (χ0n) is 14.5. The van der Waals surface area contributed by atoms with Crippen molar-refractivity contribution in [1.82, 2.24) is 4.98 Å². The van der Waals surface area contributed by atoms with Gasteiger partial charge in [0.05, 0.1) is 12.3 Å². The molecule has 25 heavy (non-hydrogen) atoms. The van der Waals surface area contributed by atoms with Crippen LogP contribution < -0.4 is 0 Å². The third-order valence-corrected chi connectivity index (χ3v) is 4.13. The van der Waals surface area contributed by atoms with Crippen LogP contribution in [0.3, 0.4) is 0 Å². The second kappa shape index (κ2) is 7.34. The highest BCUT2D eigenvalue weighted by Gasteiger charge is 2.20. The maximum Gasteiger partial charge on any atom is 0.360 e. The zero-order chi connectivity index (χ0) is 17.8. The molecule has 0 saturated heterocycles. The van der Waals surface area contributed by atoms with Crippen molar-refractivity contribution in [1.29, 1.82) is 0 Å². The number of nitrogens with zero attached hydrogens (tertiary/aromatic N) is 1. The van der Waals surface area contributed by atoms with Gasteiger partial charge in [0.2, 0.25) is 0 Å². The summed E-state index contributed by atoms with van der Waals surface area (Å²) in [5, 5.41) is 11.9. The van der Waals surface area contributed by atoms with Gasteiger partial charge in [0.15, 0.2) is 11.4 Å². The van der Waals surface area contributed by atoms with Crippen LogP contribution in [0.2, 0.25) is 0 Å². The minimum Gasteiger partial charge on any atom is -0.505 e. The van der Waals surface area contributed by atoms with Crippen LogP contribution in [0.5, 0.6) is 5.75 Å². The fourth-order valence-electron chi connectivity index (χ4n) is 2.70. The minimum atomic E-state index is -0.593. The van der Waals surface area contributed by atoms with Gasteiger partial charge in [0, 0.05) is 16.3 Å². The molecule has 0 aliphatic rings. The third-order valence-electron chi connectivity index (χ3n) is 4.13. The lowest BCUT2D eigenvalue weighted by Gasteiger charge is -2.12. The van der Waals surface area contributed by atoms with Crippen LogP contribution in [-0.2, 0) is 4.74 Å². The molecule has 0 saturated carbocycles. The zero-order valence-corrected chi connectivity index (χ0v) is 14.5. The highest BCUT2D eigenvalue weighted by molar-refractivity contribution is 6.04.